The molecule has 0 bridgehead atoms. The minimum absolute atomic E-state index is 0.212. The number of benzene rings is 1. The van der Waals surface area contributed by atoms with Crippen LogP contribution in [0.3, 0.4) is 0 Å². The maximum Gasteiger partial charge on any atom is 0.230 e. The Bertz CT molecular complexity index is 456. The first-order valence-corrected chi connectivity index (χ1v) is 6.77. The second kappa shape index (κ2) is 4.01. The number of amides is 1. The van der Waals surface area contributed by atoms with Gasteiger partial charge >= 0.3 is 0 Å². The van der Waals surface area contributed by atoms with Gasteiger partial charge in [0.25, 0.3) is 0 Å². The summed E-state index contributed by atoms with van der Waals surface area (Å²) in [6.07, 6.45) is 4.18. The molecule has 1 amide bonds. The van der Waals surface area contributed by atoms with Gasteiger partial charge in [0.1, 0.15) is 0 Å². The number of nitrogens with two attached hydrogens (primary N) is 1. The van der Waals surface area contributed by atoms with Gasteiger partial charge in [-0.3, -0.25) is 4.79 Å². The minimum atomic E-state index is -0.257. The van der Waals surface area contributed by atoms with E-state index >= 15 is 0 Å². The Morgan fingerprint density at radius 2 is 1.89 bits per heavy atom. The summed E-state index contributed by atoms with van der Waals surface area (Å²) in [4.78, 5) is 12.4. The van der Waals surface area contributed by atoms with Gasteiger partial charge in [-0.05, 0) is 49.3 Å². The number of nitrogen functional groups attached to an aromatic ring is 1. The second-order valence-corrected chi connectivity index (χ2v) is 5.95. The third kappa shape index (κ3) is 1.88. The predicted octanol–water partition coefficient (Wildman–Crippen LogP) is 2.22. The first-order chi connectivity index (χ1) is 8.60. The quantitative estimate of drug-likeness (QED) is 0.801. The third-order valence-electron chi connectivity index (χ3n) is 4.36. The number of hydrogen-bond donors (Lipinski definition) is 2. The number of rotatable bonds is 3. The molecular formula is C15H20N2O. The van der Waals surface area contributed by atoms with Gasteiger partial charge in [-0.15, -0.1) is 0 Å². The molecule has 0 heterocycles. The lowest BCUT2D eigenvalue weighted by atomic mass is 9.81. The zero-order valence-corrected chi connectivity index (χ0v) is 10.8. The van der Waals surface area contributed by atoms with Crippen molar-refractivity contribution in [1.29, 1.82) is 0 Å². The van der Waals surface area contributed by atoms with E-state index in [1.165, 1.54) is 0 Å². The van der Waals surface area contributed by atoms with Crippen LogP contribution in [-0.4, -0.2) is 11.9 Å². The van der Waals surface area contributed by atoms with Crippen LogP contribution in [0.25, 0.3) is 0 Å². The van der Waals surface area contributed by atoms with E-state index in [0.29, 0.717) is 6.04 Å². The van der Waals surface area contributed by atoms with Crippen LogP contribution in [0.2, 0.25) is 0 Å². The van der Waals surface area contributed by atoms with Gasteiger partial charge in [0, 0.05) is 11.7 Å². The first kappa shape index (κ1) is 11.6. The zero-order chi connectivity index (χ0) is 12.8. The van der Waals surface area contributed by atoms with Crippen LogP contribution in [0.5, 0.6) is 0 Å². The van der Waals surface area contributed by atoms with Crippen LogP contribution in [0.1, 0.15) is 38.2 Å². The number of carbonyl (C=O) groups excluding carboxylic acids is 1. The summed E-state index contributed by atoms with van der Waals surface area (Å²) in [5.74, 6) is 0.978. The molecule has 0 saturated heterocycles. The van der Waals surface area contributed by atoms with Crippen molar-refractivity contribution in [3.63, 3.8) is 0 Å². The van der Waals surface area contributed by atoms with Crippen molar-refractivity contribution in [3.8, 4) is 0 Å². The van der Waals surface area contributed by atoms with Crippen LogP contribution in [0.4, 0.5) is 5.69 Å². The van der Waals surface area contributed by atoms with Crippen molar-refractivity contribution in [3.05, 3.63) is 29.8 Å². The van der Waals surface area contributed by atoms with E-state index < -0.39 is 0 Å². The average Bonchev–Trinajstić information content (AvgIpc) is 3.09. The molecule has 1 aromatic rings. The van der Waals surface area contributed by atoms with Crippen LogP contribution < -0.4 is 11.1 Å². The molecule has 2 aliphatic rings. The minimum Gasteiger partial charge on any atom is -0.399 e. The van der Waals surface area contributed by atoms with E-state index in [9.17, 15) is 4.79 Å². The van der Waals surface area contributed by atoms with E-state index in [-0.39, 0.29) is 11.3 Å². The van der Waals surface area contributed by atoms with Crippen molar-refractivity contribution < 1.29 is 4.79 Å². The van der Waals surface area contributed by atoms with E-state index in [4.69, 9.17) is 5.73 Å². The highest BCUT2D eigenvalue weighted by molar-refractivity contribution is 5.91. The van der Waals surface area contributed by atoms with Gasteiger partial charge in [-0.1, -0.05) is 19.1 Å². The Morgan fingerprint density at radius 1 is 1.28 bits per heavy atom. The van der Waals surface area contributed by atoms with Crippen molar-refractivity contribution in [2.45, 2.75) is 44.1 Å². The molecule has 0 aromatic heterocycles. The molecule has 3 rings (SSSR count). The van der Waals surface area contributed by atoms with Crippen LogP contribution in [-0.2, 0) is 10.2 Å². The summed E-state index contributed by atoms with van der Waals surface area (Å²) in [6.45, 7) is 2.23. The number of nitrogens with one attached hydrogen (secondary N) is 1. The smallest absolute Gasteiger partial charge is 0.230 e. The molecule has 0 spiro atoms. The van der Waals surface area contributed by atoms with Crippen molar-refractivity contribution in [2.24, 2.45) is 5.92 Å². The van der Waals surface area contributed by atoms with E-state index in [1.54, 1.807) is 0 Å². The largest absolute Gasteiger partial charge is 0.399 e. The lowest BCUT2D eigenvalue weighted by molar-refractivity contribution is -0.125. The van der Waals surface area contributed by atoms with Crippen LogP contribution in [0.15, 0.2) is 24.3 Å². The molecular weight excluding hydrogens is 224 g/mol. The average molecular weight is 244 g/mol. The Morgan fingerprint density at radius 3 is 2.39 bits per heavy atom. The first-order valence-electron chi connectivity index (χ1n) is 6.77. The summed E-state index contributed by atoms with van der Waals surface area (Å²) in [5.41, 5.74) is 7.30. The SMILES string of the molecule is CC1CC(NC(=O)C2(c3ccc(N)cc3)CC2)C1. The number of anilines is 1. The zero-order valence-electron chi connectivity index (χ0n) is 10.8. The highest BCUT2D eigenvalue weighted by atomic mass is 16.2. The summed E-state index contributed by atoms with van der Waals surface area (Å²) in [6, 6.07) is 8.15. The van der Waals surface area contributed by atoms with Gasteiger partial charge in [-0.2, -0.15) is 0 Å². The molecule has 3 nitrogen and oxygen atoms in total. The van der Waals surface area contributed by atoms with Crippen LogP contribution >= 0.6 is 0 Å². The Labute approximate surface area is 108 Å². The predicted molar refractivity (Wildman–Crippen MR) is 72.1 cm³/mol. The highest BCUT2D eigenvalue weighted by Crippen LogP contribution is 2.49. The molecule has 2 saturated carbocycles. The van der Waals surface area contributed by atoms with Crippen LogP contribution in [0, 0.1) is 5.92 Å². The normalized spacial score (nSPS) is 28.3. The summed E-state index contributed by atoms with van der Waals surface area (Å²) in [7, 11) is 0. The molecule has 0 atom stereocenters. The molecule has 3 heteroatoms. The van der Waals surface area contributed by atoms with Gasteiger partial charge in [0.05, 0.1) is 5.41 Å². The lowest BCUT2D eigenvalue weighted by Gasteiger charge is -2.34. The van der Waals surface area contributed by atoms with Gasteiger partial charge in [0.2, 0.25) is 5.91 Å². The van der Waals surface area contributed by atoms with E-state index in [0.717, 1.165) is 42.9 Å². The molecule has 0 aliphatic heterocycles. The monoisotopic (exact) mass is 244 g/mol. The van der Waals surface area contributed by atoms with Crippen molar-refractivity contribution in [1.82, 2.24) is 5.32 Å². The molecule has 0 radical (unpaired) electrons. The Kier molecular flexibility index (Phi) is 2.58. The maximum atomic E-state index is 12.4. The molecule has 18 heavy (non-hydrogen) atoms. The van der Waals surface area contributed by atoms with Gasteiger partial charge < -0.3 is 11.1 Å². The van der Waals surface area contributed by atoms with E-state index in [2.05, 4.69) is 12.2 Å². The Hall–Kier alpha value is -1.51. The fraction of sp³-hybridized carbons (Fsp3) is 0.533. The molecule has 1 aromatic carbocycles. The van der Waals surface area contributed by atoms with Gasteiger partial charge in [-0.25, -0.2) is 0 Å². The number of hydrogen-bond acceptors (Lipinski definition) is 2. The highest BCUT2D eigenvalue weighted by Gasteiger charge is 2.51. The maximum absolute atomic E-state index is 12.4. The van der Waals surface area contributed by atoms with E-state index in [1.807, 2.05) is 24.3 Å². The lowest BCUT2D eigenvalue weighted by Crippen LogP contribution is -2.47. The van der Waals surface area contributed by atoms with Crippen molar-refractivity contribution in [2.75, 3.05) is 5.73 Å². The number of carbonyl (C=O) groups is 1. The molecule has 3 N–H and O–H groups in total. The molecule has 2 aliphatic carbocycles. The van der Waals surface area contributed by atoms with Crippen molar-refractivity contribution >= 4 is 11.6 Å². The summed E-state index contributed by atoms with van der Waals surface area (Å²) < 4.78 is 0. The fourth-order valence-electron chi connectivity index (χ4n) is 2.92. The summed E-state index contributed by atoms with van der Waals surface area (Å²) >= 11 is 0. The summed E-state index contributed by atoms with van der Waals surface area (Å²) in [5, 5.41) is 3.19. The Balaban J connectivity index is 1.70. The molecule has 96 valence electrons. The van der Waals surface area contributed by atoms with Gasteiger partial charge in [0.15, 0.2) is 0 Å². The third-order valence-corrected chi connectivity index (χ3v) is 4.36. The molecule has 0 unspecified atom stereocenters. The topological polar surface area (TPSA) is 55.1 Å². The molecule has 2 fully saturated rings. The fourth-order valence-corrected chi connectivity index (χ4v) is 2.92. The standard InChI is InChI=1S/C15H20N2O/c1-10-8-13(9-10)17-14(18)15(6-7-15)11-2-4-12(16)5-3-11/h2-5,10,13H,6-9,16H2,1H3,(H,17,18). The second-order valence-electron chi connectivity index (χ2n) is 5.95.